The van der Waals surface area contributed by atoms with Gasteiger partial charge in [0.05, 0.1) is 28.6 Å². The van der Waals surface area contributed by atoms with E-state index >= 15 is 0 Å². The molecule has 6 nitrogen and oxygen atoms in total. The fourth-order valence-electron chi connectivity index (χ4n) is 3.59. The Hall–Kier alpha value is -2.74. The van der Waals surface area contributed by atoms with Crippen molar-refractivity contribution in [2.24, 2.45) is 0 Å². The van der Waals surface area contributed by atoms with Crippen LogP contribution in [0.15, 0.2) is 60.0 Å². The smallest absolute Gasteiger partial charge is 0.196 e. The second-order valence-corrected chi connectivity index (χ2v) is 8.84. The van der Waals surface area contributed by atoms with Gasteiger partial charge in [0, 0.05) is 22.6 Å². The molecule has 0 aliphatic rings. The van der Waals surface area contributed by atoms with Gasteiger partial charge in [-0.1, -0.05) is 47.1 Å². The summed E-state index contributed by atoms with van der Waals surface area (Å²) < 4.78 is 9.25. The van der Waals surface area contributed by atoms with Gasteiger partial charge in [-0.25, -0.2) is 0 Å². The Kier molecular flexibility index (Phi) is 6.60. The van der Waals surface area contributed by atoms with Crippen LogP contribution in [0.2, 0.25) is 10.0 Å². The predicted octanol–water partition coefficient (Wildman–Crippen LogP) is 5.97. The largest absolute Gasteiger partial charge is 0.495 e. The Bertz CT molecular complexity index is 1300. The molecule has 0 amide bonds. The van der Waals surface area contributed by atoms with Crippen molar-refractivity contribution in [3.05, 3.63) is 81.9 Å². The number of carbonyl (C=O) groups excluding carboxylic acids is 1. The van der Waals surface area contributed by atoms with Crippen LogP contribution in [0.25, 0.3) is 11.4 Å². The van der Waals surface area contributed by atoms with Gasteiger partial charge in [-0.05, 0) is 50.2 Å². The zero-order chi connectivity index (χ0) is 22.8. The van der Waals surface area contributed by atoms with Crippen LogP contribution in [0.3, 0.4) is 0 Å². The van der Waals surface area contributed by atoms with Gasteiger partial charge in [-0.3, -0.25) is 9.36 Å². The number of hydrogen-bond donors (Lipinski definition) is 0. The Morgan fingerprint density at radius 1 is 1.09 bits per heavy atom. The summed E-state index contributed by atoms with van der Waals surface area (Å²) in [5.41, 5.74) is 4.11. The van der Waals surface area contributed by atoms with E-state index in [9.17, 15) is 4.79 Å². The summed E-state index contributed by atoms with van der Waals surface area (Å²) in [4.78, 5) is 13.1. The van der Waals surface area contributed by atoms with Gasteiger partial charge in [0.25, 0.3) is 0 Å². The number of ketones is 1. The zero-order valence-electron chi connectivity index (χ0n) is 17.7. The number of aromatic nitrogens is 4. The Labute approximate surface area is 200 Å². The van der Waals surface area contributed by atoms with Crippen molar-refractivity contribution in [2.75, 3.05) is 12.9 Å². The van der Waals surface area contributed by atoms with Crippen LogP contribution in [0.1, 0.15) is 21.7 Å². The van der Waals surface area contributed by atoms with Gasteiger partial charge < -0.3 is 9.30 Å². The van der Waals surface area contributed by atoms with E-state index in [0.717, 1.165) is 22.8 Å². The molecule has 164 valence electrons. The minimum absolute atomic E-state index is 0.00369. The first-order chi connectivity index (χ1) is 15.4. The van der Waals surface area contributed by atoms with Gasteiger partial charge >= 0.3 is 0 Å². The van der Waals surface area contributed by atoms with Crippen molar-refractivity contribution >= 4 is 40.7 Å². The van der Waals surface area contributed by atoms with Crippen molar-refractivity contribution < 1.29 is 9.53 Å². The number of rotatable bonds is 7. The lowest BCUT2D eigenvalue weighted by Crippen LogP contribution is -2.07. The number of carbonyl (C=O) groups is 1. The molecule has 0 spiro atoms. The molecule has 0 N–H and O–H groups in total. The maximum Gasteiger partial charge on any atom is 0.196 e. The fourth-order valence-corrected chi connectivity index (χ4v) is 4.69. The normalized spacial score (nSPS) is 11.0. The van der Waals surface area contributed by atoms with E-state index < -0.39 is 0 Å². The average molecular weight is 487 g/mol. The monoisotopic (exact) mass is 486 g/mol. The molecule has 0 aliphatic carbocycles. The highest BCUT2D eigenvalue weighted by Gasteiger charge is 2.19. The second-order valence-electron chi connectivity index (χ2n) is 7.09. The Balaban J connectivity index is 1.57. The van der Waals surface area contributed by atoms with Crippen molar-refractivity contribution in [1.82, 2.24) is 19.3 Å². The number of Topliss-reactive ketones (excluding diaryl/α,β-unsaturated/α-hetero) is 1. The van der Waals surface area contributed by atoms with E-state index in [0.29, 0.717) is 26.5 Å². The molecule has 0 unspecified atom stereocenters. The average Bonchev–Trinajstić information content (AvgIpc) is 3.38. The number of ether oxygens (including phenoxy) is 1. The summed E-state index contributed by atoms with van der Waals surface area (Å²) in [6.45, 7) is 3.88. The van der Waals surface area contributed by atoms with E-state index in [1.807, 2.05) is 59.4 Å². The molecule has 0 fully saturated rings. The lowest BCUT2D eigenvalue weighted by atomic mass is 10.2. The summed E-state index contributed by atoms with van der Waals surface area (Å²) in [7, 11) is 1.61. The first kappa shape index (κ1) is 22.5. The first-order valence-corrected chi connectivity index (χ1v) is 11.5. The standard InChI is InChI=1S/C23H20Cl2N4O2S/c1-14-10-17(15(2)29(14)16-8-9-18(24)19(25)11-16)21(30)12-32-23-27-26-13-28(23)20-6-4-5-7-22(20)31-3/h4-11,13H,12H2,1-3H3. The van der Waals surface area contributed by atoms with Crippen molar-refractivity contribution in [3.63, 3.8) is 0 Å². The molecule has 2 heterocycles. The molecule has 2 aromatic heterocycles. The summed E-state index contributed by atoms with van der Waals surface area (Å²) in [6.07, 6.45) is 1.61. The number of nitrogens with zero attached hydrogens (tertiary/aromatic N) is 4. The second kappa shape index (κ2) is 9.40. The van der Waals surface area contributed by atoms with Crippen molar-refractivity contribution in [1.29, 1.82) is 0 Å². The molecule has 0 saturated carbocycles. The van der Waals surface area contributed by atoms with E-state index in [1.54, 1.807) is 25.6 Å². The maximum atomic E-state index is 13.1. The number of benzene rings is 2. The molecule has 2 aromatic carbocycles. The van der Waals surface area contributed by atoms with E-state index in [4.69, 9.17) is 27.9 Å². The number of hydrogen-bond acceptors (Lipinski definition) is 5. The van der Waals surface area contributed by atoms with Crippen LogP contribution in [-0.4, -0.2) is 38.0 Å². The van der Waals surface area contributed by atoms with Gasteiger partial charge in [-0.15, -0.1) is 10.2 Å². The molecule has 0 atom stereocenters. The van der Waals surface area contributed by atoms with E-state index in [-0.39, 0.29) is 11.5 Å². The lowest BCUT2D eigenvalue weighted by molar-refractivity contribution is 0.102. The lowest BCUT2D eigenvalue weighted by Gasteiger charge is -2.11. The highest BCUT2D eigenvalue weighted by Crippen LogP contribution is 2.30. The summed E-state index contributed by atoms with van der Waals surface area (Å²) >= 11 is 13.6. The molecule has 0 aliphatic heterocycles. The van der Waals surface area contributed by atoms with Crippen LogP contribution < -0.4 is 4.74 Å². The quantitative estimate of drug-likeness (QED) is 0.238. The van der Waals surface area contributed by atoms with Crippen LogP contribution >= 0.6 is 35.0 Å². The van der Waals surface area contributed by atoms with Gasteiger partial charge in [0.1, 0.15) is 12.1 Å². The van der Waals surface area contributed by atoms with E-state index in [1.165, 1.54) is 11.8 Å². The van der Waals surface area contributed by atoms with Crippen molar-refractivity contribution in [2.45, 2.75) is 19.0 Å². The van der Waals surface area contributed by atoms with Crippen LogP contribution in [0.5, 0.6) is 5.75 Å². The molecule has 32 heavy (non-hydrogen) atoms. The summed E-state index contributed by atoms with van der Waals surface area (Å²) in [5.74, 6) is 0.925. The number of halogens is 2. The molecule has 0 saturated heterocycles. The fraction of sp³-hybridized carbons (Fsp3) is 0.174. The van der Waals surface area contributed by atoms with Crippen molar-refractivity contribution in [3.8, 4) is 17.1 Å². The molecule has 0 radical (unpaired) electrons. The summed E-state index contributed by atoms with van der Waals surface area (Å²) in [5, 5.41) is 9.76. The van der Waals surface area contributed by atoms with Crippen LogP contribution in [0.4, 0.5) is 0 Å². The number of thioether (sulfide) groups is 1. The zero-order valence-corrected chi connectivity index (χ0v) is 20.0. The van der Waals surface area contributed by atoms with Gasteiger partial charge in [0.2, 0.25) is 0 Å². The highest BCUT2D eigenvalue weighted by atomic mass is 35.5. The third kappa shape index (κ3) is 4.28. The van der Waals surface area contributed by atoms with Gasteiger partial charge in [-0.2, -0.15) is 0 Å². The first-order valence-electron chi connectivity index (χ1n) is 9.74. The molecule has 4 rings (SSSR count). The minimum atomic E-state index is 0.00369. The number of para-hydroxylation sites is 2. The molecular formula is C23H20Cl2N4O2S. The van der Waals surface area contributed by atoms with Gasteiger partial charge in [0.15, 0.2) is 10.9 Å². The SMILES string of the molecule is COc1ccccc1-n1cnnc1SCC(=O)c1cc(C)n(-c2ccc(Cl)c(Cl)c2)c1C. The Morgan fingerprint density at radius 3 is 2.62 bits per heavy atom. The highest BCUT2D eigenvalue weighted by molar-refractivity contribution is 7.99. The minimum Gasteiger partial charge on any atom is -0.495 e. The van der Waals surface area contributed by atoms with Crippen LogP contribution in [0, 0.1) is 13.8 Å². The molecule has 4 aromatic rings. The maximum absolute atomic E-state index is 13.1. The number of methoxy groups -OCH3 is 1. The molecule has 9 heteroatoms. The number of aryl methyl sites for hydroxylation is 1. The summed E-state index contributed by atoms with van der Waals surface area (Å²) in [6, 6.07) is 14.9. The molecule has 0 bridgehead atoms. The van der Waals surface area contributed by atoms with E-state index in [2.05, 4.69) is 10.2 Å². The third-order valence-electron chi connectivity index (χ3n) is 5.09. The Morgan fingerprint density at radius 2 is 1.88 bits per heavy atom. The predicted molar refractivity (Wildman–Crippen MR) is 128 cm³/mol. The van der Waals surface area contributed by atoms with Crippen LogP contribution in [-0.2, 0) is 0 Å². The topological polar surface area (TPSA) is 61.9 Å². The molecular weight excluding hydrogens is 467 g/mol. The third-order valence-corrected chi connectivity index (χ3v) is 6.77.